The minimum Gasteiger partial charge on any atom is -0.359 e. The molecule has 0 saturated carbocycles. The van der Waals surface area contributed by atoms with Crippen LogP contribution < -0.4 is 0 Å². The maximum absolute atomic E-state index is 5.46. The first-order valence-corrected chi connectivity index (χ1v) is 4.99. The maximum atomic E-state index is 5.46. The number of hydrogen-bond acceptors (Lipinski definition) is 5. The monoisotopic (exact) mass is 230 g/mol. The normalized spacial score (nSPS) is 12.9. The van der Waals surface area contributed by atoms with E-state index in [0.717, 1.165) is 0 Å². The van der Waals surface area contributed by atoms with E-state index in [1.807, 2.05) is 10.8 Å². The lowest BCUT2D eigenvalue weighted by Gasteiger charge is -2.17. The van der Waals surface area contributed by atoms with E-state index in [0.29, 0.717) is 13.2 Å². The molecule has 6 heteroatoms. The molecule has 1 aromatic rings. The molecule has 1 aromatic heterocycles. The van der Waals surface area contributed by atoms with Crippen molar-refractivity contribution in [1.29, 1.82) is 0 Å². The van der Waals surface area contributed by atoms with Crippen molar-refractivity contribution in [2.45, 2.75) is 12.6 Å². The van der Waals surface area contributed by atoms with Gasteiger partial charge >= 0.3 is 0 Å². The van der Waals surface area contributed by atoms with Crippen molar-refractivity contribution in [2.24, 2.45) is 0 Å². The van der Waals surface area contributed by atoms with Gasteiger partial charge in [-0.3, -0.25) is 0 Å². The zero-order valence-corrected chi connectivity index (χ0v) is 9.67. The zero-order valence-electron chi connectivity index (χ0n) is 9.67. The molecule has 1 atom stereocenters. The molecule has 0 N–H and O–H groups in total. The number of hydrogen-bond donors (Lipinski definition) is 0. The second-order valence-electron chi connectivity index (χ2n) is 3.23. The predicted molar refractivity (Wildman–Crippen MR) is 56.8 cm³/mol. The number of imidazole rings is 1. The molecule has 0 radical (unpaired) electrons. The molecule has 0 aromatic carbocycles. The van der Waals surface area contributed by atoms with E-state index < -0.39 is 0 Å². The first-order valence-electron chi connectivity index (χ1n) is 4.99. The maximum Gasteiger partial charge on any atom is 0.146 e. The van der Waals surface area contributed by atoms with Gasteiger partial charge in [0.2, 0.25) is 0 Å². The van der Waals surface area contributed by atoms with E-state index in [2.05, 4.69) is 4.98 Å². The van der Waals surface area contributed by atoms with Crippen molar-refractivity contribution in [3.8, 4) is 0 Å². The Hall–Kier alpha value is -0.950. The minimum absolute atomic E-state index is 0.0794. The molecule has 0 saturated heterocycles. The summed E-state index contributed by atoms with van der Waals surface area (Å²) in [5.74, 6) is 0. The van der Waals surface area contributed by atoms with Crippen molar-refractivity contribution >= 4 is 0 Å². The molecule has 0 amide bonds. The molecule has 0 fully saturated rings. The topological polar surface area (TPSA) is 54.7 Å². The molecule has 0 aliphatic carbocycles. The molecule has 0 aliphatic rings. The van der Waals surface area contributed by atoms with Gasteiger partial charge in [0.25, 0.3) is 0 Å². The van der Waals surface area contributed by atoms with Crippen LogP contribution in [0.3, 0.4) is 0 Å². The van der Waals surface area contributed by atoms with E-state index in [9.17, 15) is 0 Å². The zero-order chi connectivity index (χ0) is 11.6. The van der Waals surface area contributed by atoms with Crippen LogP contribution in [0.1, 0.15) is 0 Å². The van der Waals surface area contributed by atoms with Crippen molar-refractivity contribution in [3.63, 3.8) is 0 Å². The van der Waals surface area contributed by atoms with Gasteiger partial charge in [0.1, 0.15) is 19.7 Å². The first kappa shape index (κ1) is 13.1. The van der Waals surface area contributed by atoms with Gasteiger partial charge in [-0.1, -0.05) is 0 Å². The average Bonchev–Trinajstić information content (AvgIpc) is 2.78. The van der Waals surface area contributed by atoms with Crippen LogP contribution in [0.5, 0.6) is 0 Å². The van der Waals surface area contributed by atoms with Crippen LogP contribution in [0.15, 0.2) is 18.7 Å². The fourth-order valence-electron chi connectivity index (χ4n) is 1.21. The van der Waals surface area contributed by atoms with Crippen LogP contribution in [0.25, 0.3) is 0 Å². The second-order valence-corrected chi connectivity index (χ2v) is 3.23. The summed E-state index contributed by atoms with van der Waals surface area (Å²) >= 11 is 0. The van der Waals surface area contributed by atoms with Crippen molar-refractivity contribution in [2.75, 3.05) is 34.4 Å². The van der Waals surface area contributed by atoms with Crippen molar-refractivity contribution < 1.29 is 18.9 Å². The number of nitrogens with zero attached hydrogens (tertiary/aromatic N) is 2. The third-order valence-corrected chi connectivity index (χ3v) is 1.90. The predicted octanol–water partition coefficient (Wildman–Crippen LogP) is 0.493. The molecule has 1 unspecified atom stereocenters. The Morgan fingerprint density at radius 1 is 1.25 bits per heavy atom. The molecule has 1 heterocycles. The third-order valence-electron chi connectivity index (χ3n) is 1.90. The van der Waals surface area contributed by atoms with E-state index in [1.165, 1.54) is 0 Å². The van der Waals surface area contributed by atoms with Crippen LogP contribution >= 0.6 is 0 Å². The van der Waals surface area contributed by atoms with E-state index in [-0.39, 0.29) is 19.7 Å². The fourth-order valence-corrected chi connectivity index (χ4v) is 1.21. The SMILES string of the molecule is COCOCC(Cn1ccnc1)OCOC. The molecule has 0 bridgehead atoms. The molecule has 0 spiro atoms. The molecule has 0 aliphatic heterocycles. The van der Waals surface area contributed by atoms with Gasteiger partial charge in [-0.2, -0.15) is 0 Å². The highest BCUT2D eigenvalue weighted by molar-refractivity contribution is 4.75. The quantitative estimate of drug-likeness (QED) is 0.456. The molecular weight excluding hydrogens is 212 g/mol. The van der Waals surface area contributed by atoms with Crippen LogP contribution in [0, 0.1) is 0 Å². The Kier molecular flexibility index (Phi) is 6.75. The number of rotatable bonds is 9. The smallest absolute Gasteiger partial charge is 0.146 e. The fraction of sp³-hybridized carbons (Fsp3) is 0.700. The molecular formula is C10H18N2O4. The van der Waals surface area contributed by atoms with Crippen molar-refractivity contribution in [1.82, 2.24) is 9.55 Å². The lowest BCUT2D eigenvalue weighted by molar-refractivity contribution is -0.123. The summed E-state index contributed by atoms with van der Waals surface area (Å²) in [5, 5.41) is 0. The van der Waals surface area contributed by atoms with Gasteiger partial charge < -0.3 is 23.5 Å². The first-order chi connectivity index (χ1) is 7.86. The van der Waals surface area contributed by atoms with E-state index in [1.54, 1.807) is 26.7 Å². The van der Waals surface area contributed by atoms with Crippen LogP contribution in [0.4, 0.5) is 0 Å². The summed E-state index contributed by atoms with van der Waals surface area (Å²) in [6.07, 6.45) is 5.26. The Balaban J connectivity index is 2.31. The minimum atomic E-state index is -0.0794. The van der Waals surface area contributed by atoms with Crippen LogP contribution in [-0.2, 0) is 25.5 Å². The van der Waals surface area contributed by atoms with Gasteiger partial charge in [0.05, 0.1) is 19.5 Å². The van der Waals surface area contributed by atoms with E-state index in [4.69, 9.17) is 18.9 Å². The highest BCUT2D eigenvalue weighted by atomic mass is 16.7. The molecule has 1 rings (SSSR count). The summed E-state index contributed by atoms with van der Waals surface area (Å²) in [4.78, 5) is 3.96. The van der Waals surface area contributed by atoms with Crippen molar-refractivity contribution in [3.05, 3.63) is 18.7 Å². The van der Waals surface area contributed by atoms with E-state index >= 15 is 0 Å². The molecule has 6 nitrogen and oxygen atoms in total. The standard InChI is InChI=1S/C10H18N2O4/c1-13-8-15-6-10(16-9-14-2)5-12-4-3-11-7-12/h3-4,7,10H,5-6,8-9H2,1-2H3. The summed E-state index contributed by atoms with van der Waals surface area (Å²) in [6, 6.07) is 0. The molecule has 16 heavy (non-hydrogen) atoms. The highest BCUT2D eigenvalue weighted by Gasteiger charge is 2.10. The summed E-state index contributed by atoms with van der Waals surface area (Å²) in [6.45, 7) is 1.63. The number of ether oxygens (including phenoxy) is 4. The summed E-state index contributed by atoms with van der Waals surface area (Å²) in [5.41, 5.74) is 0. The highest BCUT2D eigenvalue weighted by Crippen LogP contribution is 1.99. The largest absolute Gasteiger partial charge is 0.359 e. The number of aromatic nitrogens is 2. The molecule has 92 valence electrons. The lowest BCUT2D eigenvalue weighted by Crippen LogP contribution is -2.26. The van der Waals surface area contributed by atoms with Gasteiger partial charge in [-0.15, -0.1) is 0 Å². The van der Waals surface area contributed by atoms with Gasteiger partial charge in [0.15, 0.2) is 0 Å². The number of methoxy groups -OCH3 is 2. The Morgan fingerprint density at radius 3 is 2.69 bits per heavy atom. The van der Waals surface area contributed by atoms with Gasteiger partial charge in [0, 0.05) is 26.6 Å². The van der Waals surface area contributed by atoms with Gasteiger partial charge in [-0.25, -0.2) is 4.98 Å². The Bertz CT molecular complexity index is 253. The third kappa shape index (κ3) is 5.22. The van der Waals surface area contributed by atoms with Crippen LogP contribution in [0.2, 0.25) is 0 Å². The second kappa shape index (κ2) is 8.23. The Labute approximate surface area is 95.1 Å². The van der Waals surface area contributed by atoms with Crippen LogP contribution in [-0.4, -0.2) is 50.1 Å². The average molecular weight is 230 g/mol. The summed E-state index contributed by atoms with van der Waals surface area (Å²) < 4.78 is 22.3. The Morgan fingerprint density at radius 2 is 2.06 bits per heavy atom. The van der Waals surface area contributed by atoms with Gasteiger partial charge in [-0.05, 0) is 0 Å². The lowest BCUT2D eigenvalue weighted by atomic mass is 10.4. The summed E-state index contributed by atoms with van der Waals surface area (Å²) in [7, 11) is 3.17.